The molecule has 0 spiro atoms. The predicted octanol–water partition coefficient (Wildman–Crippen LogP) is 4.73. The van der Waals surface area contributed by atoms with Crippen LogP contribution >= 0.6 is 0 Å². The van der Waals surface area contributed by atoms with E-state index in [0.29, 0.717) is 11.1 Å². The highest BCUT2D eigenvalue weighted by Gasteiger charge is 2.19. The molecule has 3 aromatic carbocycles. The average molecular weight is 360 g/mol. The quantitative estimate of drug-likeness (QED) is 0.528. The summed E-state index contributed by atoms with van der Waals surface area (Å²) in [4.78, 5) is 23.4. The van der Waals surface area contributed by atoms with Gasteiger partial charge in [0.1, 0.15) is 0 Å². The lowest BCUT2D eigenvalue weighted by molar-refractivity contribution is -0.385. The van der Waals surface area contributed by atoms with Crippen molar-refractivity contribution < 1.29 is 9.72 Å². The van der Waals surface area contributed by atoms with Crippen molar-refractivity contribution in [2.75, 3.05) is 0 Å². The van der Waals surface area contributed by atoms with Gasteiger partial charge in [-0.3, -0.25) is 14.9 Å². The Morgan fingerprint density at radius 1 is 0.926 bits per heavy atom. The fraction of sp³-hybridized carbons (Fsp3) is 0.136. The summed E-state index contributed by atoms with van der Waals surface area (Å²) in [5.41, 5.74) is 3.94. The van der Waals surface area contributed by atoms with Crippen molar-refractivity contribution in [2.24, 2.45) is 0 Å². The van der Waals surface area contributed by atoms with E-state index in [1.54, 1.807) is 13.0 Å². The van der Waals surface area contributed by atoms with E-state index in [0.717, 1.165) is 16.7 Å². The van der Waals surface area contributed by atoms with E-state index in [2.05, 4.69) is 5.32 Å². The molecule has 1 amide bonds. The van der Waals surface area contributed by atoms with Crippen LogP contribution in [0.2, 0.25) is 0 Å². The molecule has 0 radical (unpaired) electrons. The normalized spacial score (nSPS) is 11.6. The van der Waals surface area contributed by atoms with Crippen LogP contribution in [-0.2, 0) is 0 Å². The predicted molar refractivity (Wildman–Crippen MR) is 105 cm³/mol. The standard InChI is InChI=1S/C22H20N2O3/c1-15-8-10-18(11-9-15)21(17-6-4-3-5-7-17)23-22(25)19-12-13-20(24(26)27)16(2)14-19/h3-14,21H,1-2H3,(H,23,25). The number of benzene rings is 3. The van der Waals surface area contributed by atoms with Crippen LogP contribution in [0.3, 0.4) is 0 Å². The molecule has 136 valence electrons. The molecule has 0 aliphatic rings. The van der Waals surface area contributed by atoms with Crippen LogP contribution in [0.1, 0.15) is 38.7 Å². The minimum absolute atomic E-state index is 0.00435. The first kappa shape index (κ1) is 18.3. The monoisotopic (exact) mass is 360 g/mol. The van der Waals surface area contributed by atoms with Gasteiger partial charge in [0, 0.05) is 17.2 Å². The van der Waals surface area contributed by atoms with Gasteiger partial charge in [-0.05, 0) is 37.1 Å². The van der Waals surface area contributed by atoms with E-state index in [-0.39, 0.29) is 17.6 Å². The summed E-state index contributed by atoms with van der Waals surface area (Å²) in [5.74, 6) is -0.276. The number of hydrogen-bond acceptors (Lipinski definition) is 3. The highest BCUT2D eigenvalue weighted by Crippen LogP contribution is 2.24. The second-order valence-electron chi connectivity index (χ2n) is 6.49. The molecule has 27 heavy (non-hydrogen) atoms. The molecule has 0 heterocycles. The Balaban J connectivity index is 1.92. The SMILES string of the molecule is Cc1ccc(C(NC(=O)c2ccc([N+](=O)[O-])c(C)c2)c2ccccc2)cc1. The van der Waals surface area contributed by atoms with Gasteiger partial charge in [-0.25, -0.2) is 0 Å². The van der Waals surface area contributed by atoms with E-state index >= 15 is 0 Å². The Bertz CT molecular complexity index is 967. The number of carbonyl (C=O) groups is 1. The Morgan fingerprint density at radius 2 is 1.56 bits per heavy atom. The lowest BCUT2D eigenvalue weighted by Crippen LogP contribution is -2.29. The van der Waals surface area contributed by atoms with Gasteiger partial charge in [0.05, 0.1) is 11.0 Å². The Labute approximate surface area is 157 Å². The molecule has 0 aliphatic heterocycles. The van der Waals surface area contributed by atoms with Crippen molar-refractivity contribution in [1.82, 2.24) is 5.32 Å². The lowest BCUT2D eigenvalue weighted by atomic mass is 9.97. The Morgan fingerprint density at radius 3 is 2.15 bits per heavy atom. The first-order chi connectivity index (χ1) is 13.0. The summed E-state index contributed by atoms with van der Waals surface area (Å²) in [7, 11) is 0. The first-order valence-corrected chi connectivity index (χ1v) is 8.63. The van der Waals surface area contributed by atoms with Crippen LogP contribution in [0.4, 0.5) is 5.69 Å². The molecule has 3 rings (SSSR count). The van der Waals surface area contributed by atoms with Gasteiger partial charge in [-0.15, -0.1) is 0 Å². The fourth-order valence-corrected chi connectivity index (χ4v) is 2.98. The molecule has 5 heteroatoms. The smallest absolute Gasteiger partial charge is 0.272 e. The summed E-state index contributed by atoms with van der Waals surface area (Å²) >= 11 is 0. The van der Waals surface area contributed by atoms with E-state index in [1.165, 1.54) is 12.1 Å². The minimum atomic E-state index is -0.448. The Kier molecular flexibility index (Phi) is 5.31. The number of amides is 1. The van der Waals surface area contributed by atoms with Crippen molar-refractivity contribution in [3.8, 4) is 0 Å². The van der Waals surface area contributed by atoms with Gasteiger partial charge in [0.25, 0.3) is 11.6 Å². The maximum atomic E-state index is 12.8. The van der Waals surface area contributed by atoms with Crippen molar-refractivity contribution in [2.45, 2.75) is 19.9 Å². The number of aryl methyl sites for hydroxylation is 2. The Hall–Kier alpha value is -3.47. The molecule has 0 aromatic heterocycles. The van der Waals surface area contributed by atoms with E-state index in [4.69, 9.17) is 0 Å². The first-order valence-electron chi connectivity index (χ1n) is 8.63. The van der Waals surface area contributed by atoms with E-state index < -0.39 is 4.92 Å². The second kappa shape index (κ2) is 7.83. The largest absolute Gasteiger partial charge is 0.341 e. The summed E-state index contributed by atoms with van der Waals surface area (Å²) in [5, 5.41) is 14.0. The van der Waals surface area contributed by atoms with Crippen LogP contribution in [0.25, 0.3) is 0 Å². The number of carbonyl (C=O) groups excluding carboxylic acids is 1. The van der Waals surface area contributed by atoms with E-state index in [1.807, 2.05) is 61.5 Å². The molecule has 0 saturated heterocycles. The molecule has 0 bridgehead atoms. The summed E-state index contributed by atoms with van der Waals surface area (Å²) in [6.07, 6.45) is 0. The van der Waals surface area contributed by atoms with Gasteiger partial charge in [0.2, 0.25) is 0 Å². The van der Waals surface area contributed by atoms with Gasteiger partial charge in [-0.2, -0.15) is 0 Å². The molecule has 5 nitrogen and oxygen atoms in total. The zero-order valence-electron chi connectivity index (χ0n) is 15.2. The molecule has 1 unspecified atom stereocenters. The fourth-order valence-electron chi connectivity index (χ4n) is 2.98. The van der Waals surface area contributed by atoms with Crippen molar-refractivity contribution >= 4 is 11.6 Å². The summed E-state index contributed by atoms with van der Waals surface area (Å²) in [6, 6.07) is 21.8. The molecular formula is C22H20N2O3. The van der Waals surface area contributed by atoms with Crippen LogP contribution in [-0.4, -0.2) is 10.8 Å². The number of nitrogens with one attached hydrogen (secondary N) is 1. The molecule has 0 fully saturated rings. The molecular weight excluding hydrogens is 340 g/mol. The summed E-state index contributed by atoms with van der Waals surface area (Å²) in [6.45, 7) is 3.64. The number of nitro benzene ring substituents is 1. The highest BCUT2D eigenvalue weighted by atomic mass is 16.6. The van der Waals surface area contributed by atoms with Crippen molar-refractivity contribution in [3.63, 3.8) is 0 Å². The average Bonchev–Trinajstić information content (AvgIpc) is 2.67. The lowest BCUT2D eigenvalue weighted by Gasteiger charge is -2.20. The number of rotatable bonds is 5. The third-order valence-electron chi connectivity index (χ3n) is 4.47. The van der Waals surface area contributed by atoms with Crippen molar-refractivity contribution in [3.05, 3.63) is 111 Å². The topological polar surface area (TPSA) is 72.2 Å². The molecule has 0 aliphatic carbocycles. The van der Waals surface area contributed by atoms with Crippen LogP contribution in [0, 0.1) is 24.0 Å². The second-order valence-corrected chi connectivity index (χ2v) is 6.49. The maximum Gasteiger partial charge on any atom is 0.272 e. The molecule has 1 N–H and O–H groups in total. The number of hydrogen-bond donors (Lipinski definition) is 1. The van der Waals surface area contributed by atoms with Crippen LogP contribution in [0.5, 0.6) is 0 Å². The number of nitrogens with zero attached hydrogens (tertiary/aromatic N) is 1. The van der Waals surface area contributed by atoms with Gasteiger partial charge in [0.15, 0.2) is 0 Å². The maximum absolute atomic E-state index is 12.8. The van der Waals surface area contributed by atoms with Crippen LogP contribution < -0.4 is 5.32 Å². The molecule has 0 saturated carbocycles. The van der Waals surface area contributed by atoms with Gasteiger partial charge < -0.3 is 5.32 Å². The van der Waals surface area contributed by atoms with Gasteiger partial charge in [-0.1, -0.05) is 60.2 Å². The highest BCUT2D eigenvalue weighted by molar-refractivity contribution is 5.95. The minimum Gasteiger partial charge on any atom is -0.341 e. The third-order valence-corrected chi connectivity index (χ3v) is 4.47. The van der Waals surface area contributed by atoms with E-state index in [9.17, 15) is 14.9 Å². The number of nitro groups is 1. The zero-order chi connectivity index (χ0) is 19.4. The van der Waals surface area contributed by atoms with Gasteiger partial charge >= 0.3 is 0 Å². The van der Waals surface area contributed by atoms with Crippen LogP contribution in [0.15, 0.2) is 72.8 Å². The molecule has 1 atom stereocenters. The summed E-state index contributed by atoms with van der Waals surface area (Å²) < 4.78 is 0. The zero-order valence-corrected chi connectivity index (χ0v) is 15.2. The molecule has 3 aromatic rings. The third kappa shape index (κ3) is 4.20. The van der Waals surface area contributed by atoms with Crippen molar-refractivity contribution in [1.29, 1.82) is 0 Å².